The molecule has 0 fully saturated rings. The van der Waals surface area contributed by atoms with Crippen LogP contribution in [0.4, 0.5) is 5.69 Å². The zero-order valence-corrected chi connectivity index (χ0v) is 24.2. The molecule has 0 radical (unpaired) electrons. The van der Waals surface area contributed by atoms with Crippen molar-refractivity contribution in [2.24, 2.45) is 0 Å². The molecule has 12 heteroatoms. The summed E-state index contributed by atoms with van der Waals surface area (Å²) in [6, 6.07) is 9.16. The van der Waals surface area contributed by atoms with Crippen LogP contribution >= 0.6 is 23.2 Å². The van der Waals surface area contributed by atoms with Crippen LogP contribution in [-0.2, 0) is 26.2 Å². The summed E-state index contributed by atoms with van der Waals surface area (Å²) >= 11 is 12.2. The Morgan fingerprint density at radius 3 is 2.39 bits per heavy atom. The summed E-state index contributed by atoms with van der Waals surface area (Å²) in [7, 11) is -3.64. The van der Waals surface area contributed by atoms with Gasteiger partial charge in [-0.05, 0) is 56.5 Å². The highest BCUT2D eigenvalue weighted by molar-refractivity contribution is 7.92. The first-order chi connectivity index (χ1) is 17.9. The van der Waals surface area contributed by atoms with Crippen molar-refractivity contribution in [2.75, 3.05) is 23.9 Å². The quantitative estimate of drug-likeness (QED) is 0.390. The first kappa shape index (κ1) is 29.9. The first-order valence-electron chi connectivity index (χ1n) is 12.3. The van der Waals surface area contributed by atoms with Crippen LogP contribution in [0.2, 0.25) is 10.0 Å². The van der Waals surface area contributed by atoms with Gasteiger partial charge in [0.25, 0.3) is 0 Å². The van der Waals surface area contributed by atoms with Crippen LogP contribution < -0.4 is 19.1 Å². The Hall–Kier alpha value is -2.69. The summed E-state index contributed by atoms with van der Waals surface area (Å²) < 4.78 is 37.1. The summed E-state index contributed by atoms with van der Waals surface area (Å²) in [5.74, 6) is 0.470. The van der Waals surface area contributed by atoms with Crippen molar-refractivity contribution in [2.45, 2.75) is 58.7 Å². The van der Waals surface area contributed by atoms with Crippen LogP contribution in [-0.4, -0.2) is 56.8 Å². The van der Waals surface area contributed by atoms with Gasteiger partial charge in [-0.3, -0.25) is 13.9 Å². The van der Waals surface area contributed by atoms with Gasteiger partial charge in [-0.25, -0.2) is 8.42 Å². The summed E-state index contributed by atoms with van der Waals surface area (Å²) in [6.07, 6.45) is 1.78. The van der Waals surface area contributed by atoms with E-state index < -0.39 is 16.1 Å². The minimum atomic E-state index is -3.64. The lowest BCUT2D eigenvalue weighted by Gasteiger charge is -2.31. The van der Waals surface area contributed by atoms with Gasteiger partial charge < -0.3 is 19.7 Å². The van der Waals surface area contributed by atoms with E-state index >= 15 is 0 Å². The second-order valence-corrected chi connectivity index (χ2v) is 12.1. The Bertz CT molecular complexity index is 1270. The predicted molar refractivity (Wildman–Crippen MR) is 148 cm³/mol. The van der Waals surface area contributed by atoms with E-state index in [1.54, 1.807) is 36.4 Å². The molecular formula is C26H33Cl2N3O6S. The van der Waals surface area contributed by atoms with Gasteiger partial charge in [-0.1, -0.05) is 36.2 Å². The number of carbonyl (C=O) groups is 2. The maximum absolute atomic E-state index is 13.5. The molecule has 0 spiro atoms. The molecule has 0 unspecified atom stereocenters. The lowest BCUT2D eigenvalue weighted by Crippen LogP contribution is -2.50. The monoisotopic (exact) mass is 585 g/mol. The van der Waals surface area contributed by atoms with Crippen LogP contribution in [0, 0.1) is 0 Å². The molecule has 1 aliphatic heterocycles. The van der Waals surface area contributed by atoms with Gasteiger partial charge in [0.15, 0.2) is 11.5 Å². The molecular weight excluding hydrogens is 553 g/mol. The lowest BCUT2D eigenvalue weighted by molar-refractivity contribution is -0.141. The highest BCUT2D eigenvalue weighted by Gasteiger charge is 2.29. The van der Waals surface area contributed by atoms with Gasteiger partial charge >= 0.3 is 0 Å². The fourth-order valence-corrected chi connectivity index (χ4v) is 5.46. The number of anilines is 1. The fourth-order valence-electron chi connectivity index (χ4n) is 4.18. The predicted octanol–water partition coefficient (Wildman–Crippen LogP) is 4.60. The van der Waals surface area contributed by atoms with Crippen molar-refractivity contribution in [1.29, 1.82) is 0 Å². The number of nitrogens with zero attached hydrogens (tertiary/aromatic N) is 2. The van der Waals surface area contributed by atoms with Gasteiger partial charge in [-0.15, -0.1) is 0 Å². The summed E-state index contributed by atoms with van der Waals surface area (Å²) in [5.41, 5.74) is 1.14. The number of carbonyl (C=O) groups excluding carboxylic acids is 2. The molecule has 0 aromatic heterocycles. The van der Waals surface area contributed by atoms with E-state index in [0.29, 0.717) is 33.7 Å². The Kier molecular flexibility index (Phi) is 10.1. The Labute approximate surface area is 234 Å². The minimum absolute atomic E-state index is 0.0311. The van der Waals surface area contributed by atoms with Gasteiger partial charge in [0.05, 0.1) is 22.0 Å². The summed E-state index contributed by atoms with van der Waals surface area (Å²) in [5, 5.41) is 3.62. The average Bonchev–Trinajstić information content (AvgIpc) is 3.30. The molecule has 1 aliphatic rings. The number of nitrogens with one attached hydrogen (secondary N) is 1. The Balaban J connectivity index is 1.78. The van der Waals surface area contributed by atoms with Crippen LogP contribution in [0.1, 0.15) is 45.6 Å². The molecule has 38 heavy (non-hydrogen) atoms. The number of rotatable bonds is 12. The number of hydrogen-bond donors (Lipinski definition) is 1. The molecule has 208 valence electrons. The van der Waals surface area contributed by atoms with Crippen molar-refractivity contribution in [3.8, 4) is 11.5 Å². The van der Waals surface area contributed by atoms with Crippen LogP contribution in [0.15, 0.2) is 36.4 Å². The molecule has 2 amide bonds. The number of ether oxygens (including phenoxy) is 2. The van der Waals surface area contributed by atoms with E-state index in [0.717, 1.165) is 11.8 Å². The van der Waals surface area contributed by atoms with Gasteiger partial charge in [-0.2, -0.15) is 0 Å². The largest absolute Gasteiger partial charge is 0.454 e. The third-order valence-corrected chi connectivity index (χ3v) is 7.88. The van der Waals surface area contributed by atoms with Crippen molar-refractivity contribution >= 4 is 50.7 Å². The van der Waals surface area contributed by atoms with E-state index in [2.05, 4.69) is 5.32 Å². The molecule has 0 saturated heterocycles. The van der Waals surface area contributed by atoms with Crippen LogP contribution in [0.3, 0.4) is 0 Å². The van der Waals surface area contributed by atoms with Gasteiger partial charge in [0.1, 0.15) is 6.04 Å². The van der Waals surface area contributed by atoms with Crippen molar-refractivity contribution < 1.29 is 27.5 Å². The number of hydrogen-bond acceptors (Lipinski definition) is 6. The van der Waals surface area contributed by atoms with Crippen molar-refractivity contribution in [3.63, 3.8) is 0 Å². The van der Waals surface area contributed by atoms with E-state index in [4.69, 9.17) is 32.7 Å². The highest BCUT2D eigenvalue weighted by atomic mass is 35.5. The zero-order valence-electron chi connectivity index (χ0n) is 21.9. The normalized spacial score (nSPS) is 13.3. The molecule has 3 rings (SSSR count). The van der Waals surface area contributed by atoms with Gasteiger partial charge in [0, 0.05) is 31.6 Å². The summed E-state index contributed by atoms with van der Waals surface area (Å²) in [4.78, 5) is 28.0. The smallest absolute Gasteiger partial charge is 0.243 e. The number of benzene rings is 2. The average molecular weight is 587 g/mol. The van der Waals surface area contributed by atoms with E-state index in [1.807, 2.05) is 20.8 Å². The minimum Gasteiger partial charge on any atom is -0.454 e. The van der Waals surface area contributed by atoms with E-state index in [9.17, 15) is 18.0 Å². The fraction of sp³-hybridized carbons (Fsp3) is 0.462. The third kappa shape index (κ3) is 7.68. The molecule has 0 aliphatic carbocycles. The molecule has 2 aromatic carbocycles. The SMILES string of the molecule is CC[C@@H](C(=O)NC(C)C)N(Cc1ccc(Cl)c(Cl)c1)C(=O)CCCN(c1ccc2c(c1)OCO2)S(C)(=O)=O. The summed E-state index contributed by atoms with van der Waals surface area (Å²) in [6.45, 7) is 5.84. The second-order valence-electron chi connectivity index (χ2n) is 9.33. The standard InChI is InChI=1S/C26H33Cl2N3O6S/c1-5-22(26(33)29-17(2)3)30(15-18-8-10-20(27)21(28)13-18)25(32)7-6-12-31(38(4,34)35)19-9-11-23-24(14-19)37-16-36-23/h8-11,13-14,17,22H,5-7,12,15-16H2,1-4H3,(H,29,33)/t22-/m0/s1. The van der Waals surface area contributed by atoms with Crippen LogP contribution in [0.25, 0.3) is 0 Å². The molecule has 9 nitrogen and oxygen atoms in total. The molecule has 1 heterocycles. The van der Waals surface area contributed by atoms with Crippen molar-refractivity contribution in [1.82, 2.24) is 10.2 Å². The first-order valence-corrected chi connectivity index (χ1v) is 14.9. The number of amides is 2. The molecule has 0 bridgehead atoms. The zero-order chi connectivity index (χ0) is 28.0. The highest BCUT2D eigenvalue weighted by Crippen LogP contribution is 2.36. The second kappa shape index (κ2) is 12.9. The van der Waals surface area contributed by atoms with Crippen molar-refractivity contribution in [3.05, 3.63) is 52.0 Å². The number of sulfonamides is 1. The maximum Gasteiger partial charge on any atom is 0.243 e. The topological polar surface area (TPSA) is 105 Å². The van der Waals surface area contributed by atoms with Crippen LogP contribution in [0.5, 0.6) is 11.5 Å². The number of fused-ring (bicyclic) bond motifs is 1. The Morgan fingerprint density at radius 2 is 1.76 bits per heavy atom. The number of halogens is 2. The molecule has 2 aromatic rings. The third-order valence-electron chi connectivity index (χ3n) is 5.95. The maximum atomic E-state index is 13.5. The molecule has 1 atom stereocenters. The van der Waals surface area contributed by atoms with E-state index in [1.165, 1.54) is 9.21 Å². The van der Waals surface area contributed by atoms with E-state index in [-0.39, 0.29) is 50.6 Å². The van der Waals surface area contributed by atoms with Gasteiger partial charge in [0.2, 0.25) is 28.6 Å². The molecule has 0 saturated carbocycles. The lowest BCUT2D eigenvalue weighted by atomic mass is 10.1. The Morgan fingerprint density at radius 1 is 1.05 bits per heavy atom. The molecule has 1 N–H and O–H groups in total.